The van der Waals surface area contributed by atoms with E-state index in [0.717, 1.165) is 30.9 Å². The van der Waals surface area contributed by atoms with Crippen LogP contribution < -0.4 is 10.1 Å². The zero-order chi connectivity index (χ0) is 20.1. The number of likely N-dealkylation sites (tertiary alicyclic amines) is 1. The topological polar surface area (TPSA) is 24.5 Å². The SMILES string of the molecule is CCN1CCCC1CNCc1c(OCc2ccccc2F)ccc2ccccc12. The molecular formula is C25H29FN2O. The lowest BCUT2D eigenvalue weighted by Gasteiger charge is -2.23. The normalized spacial score (nSPS) is 17.1. The van der Waals surface area contributed by atoms with Crippen LogP contribution in [0.5, 0.6) is 5.75 Å². The summed E-state index contributed by atoms with van der Waals surface area (Å²) in [5.74, 6) is 0.590. The summed E-state index contributed by atoms with van der Waals surface area (Å²) in [7, 11) is 0. The lowest BCUT2D eigenvalue weighted by molar-refractivity contribution is 0.259. The number of fused-ring (bicyclic) bond motifs is 1. The number of benzene rings is 3. The summed E-state index contributed by atoms with van der Waals surface area (Å²) in [6.45, 7) is 6.49. The zero-order valence-electron chi connectivity index (χ0n) is 17.0. The van der Waals surface area contributed by atoms with E-state index in [0.29, 0.717) is 11.6 Å². The monoisotopic (exact) mass is 392 g/mol. The second kappa shape index (κ2) is 9.38. The number of rotatable bonds is 8. The molecule has 4 rings (SSSR count). The Morgan fingerprint density at radius 1 is 1.07 bits per heavy atom. The minimum Gasteiger partial charge on any atom is -0.488 e. The molecule has 152 valence electrons. The van der Waals surface area contributed by atoms with Gasteiger partial charge in [0.05, 0.1) is 0 Å². The highest BCUT2D eigenvalue weighted by Gasteiger charge is 2.22. The van der Waals surface area contributed by atoms with Crippen molar-refractivity contribution in [2.75, 3.05) is 19.6 Å². The smallest absolute Gasteiger partial charge is 0.129 e. The molecule has 1 aliphatic heterocycles. The second-order valence-corrected chi connectivity index (χ2v) is 7.70. The number of hydrogen-bond acceptors (Lipinski definition) is 3. The van der Waals surface area contributed by atoms with E-state index in [-0.39, 0.29) is 12.4 Å². The molecular weight excluding hydrogens is 363 g/mol. The van der Waals surface area contributed by atoms with E-state index in [1.807, 2.05) is 12.1 Å². The van der Waals surface area contributed by atoms with Gasteiger partial charge in [0.2, 0.25) is 0 Å². The first-order valence-electron chi connectivity index (χ1n) is 10.6. The van der Waals surface area contributed by atoms with Gasteiger partial charge in [-0.15, -0.1) is 0 Å². The molecule has 1 aliphatic rings. The van der Waals surface area contributed by atoms with Gasteiger partial charge < -0.3 is 10.1 Å². The Kier molecular flexibility index (Phi) is 6.43. The predicted octanol–water partition coefficient (Wildman–Crippen LogP) is 5.13. The van der Waals surface area contributed by atoms with Crippen LogP contribution in [-0.2, 0) is 13.2 Å². The number of ether oxygens (including phenoxy) is 1. The first-order valence-corrected chi connectivity index (χ1v) is 10.6. The summed E-state index contributed by atoms with van der Waals surface area (Å²) in [6, 6.07) is 19.8. The Labute approximate surface area is 172 Å². The van der Waals surface area contributed by atoms with Gasteiger partial charge in [-0.3, -0.25) is 4.90 Å². The highest BCUT2D eigenvalue weighted by molar-refractivity contribution is 5.87. The van der Waals surface area contributed by atoms with Crippen LogP contribution in [0.25, 0.3) is 10.8 Å². The molecule has 1 atom stereocenters. The van der Waals surface area contributed by atoms with Crippen molar-refractivity contribution >= 4 is 10.8 Å². The third kappa shape index (κ3) is 4.60. The van der Waals surface area contributed by atoms with Crippen molar-refractivity contribution < 1.29 is 9.13 Å². The van der Waals surface area contributed by atoms with Gasteiger partial charge in [0, 0.05) is 30.3 Å². The molecule has 0 saturated carbocycles. The molecule has 3 aromatic rings. The first kappa shape index (κ1) is 19.9. The third-order valence-corrected chi connectivity index (χ3v) is 5.93. The van der Waals surface area contributed by atoms with Crippen molar-refractivity contribution in [2.45, 2.75) is 39.0 Å². The Hall–Kier alpha value is -2.43. The summed E-state index contributed by atoms with van der Waals surface area (Å²) in [5.41, 5.74) is 1.71. The lowest BCUT2D eigenvalue weighted by atomic mass is 10.0. The van der Waals surface area contributed by atoms with Crippen molar-refractivity contribution in [3.05, 3.63) is 77.6 Å². The number of hydrogen-bond donors (Lipinski definition) is 1. The largest absolute Gasteiger partial charge is 0.488 e. The van der Waals surface area contributed by atoms with Crippen LogP contribution in [0.2, 0.25) is 0 Å². The van der Waals surface area contributed by atoms with E-state index in [2.05, 4.69) is 47.5 Å². The molecule has 1 saturated heterocycles. The summed E-state index contributed by atoms with van der Waals surface area (Å²) < 4.78 is 20.1. The molecule has 1 fully saturated rings. The highest BCUT2D eigenvalue weighted by Crippen LogP contribution is 2.29. The Morgan fingerprint density at radius 2 is 1.90 bits per heavy atom. The zero-order valence-corrected chi connectivity index (χ0v) is 17.0. The van der Waals surface area contributed by atoms with Crippen LogP contribution in [0.3, 0.4) is 0 Å². The Balaban J connectivity index is 1.52. The molecule has 0 aliphatic carbocycles. The molecule has 3 nitrogen and oxygen atoms in total. The Morgan fingerprint density at radius 3 is 2.76 bits per heavy atom. The third-order valence-electron chi connectivity index (χ3n) is 5.93. The van der Waals surface area contributed by atoms with Gasteiger partial charge in [0.25, 0.3) is 0 Å². The van der Waals surface area contributed by atoms with E-state index < -0.39 is 0 Å². The van der Waals surface area contributed by atoms with Crippen molar-refractivity contribution in [1.29, 1.82) is 0 Å². The molecule has 3 aromatic carbocycles. The number of nitrogens with one attached hydrogen (secondary N) is 1. The van der Waals surface area contributed by atoms with Gasteiger partial charge in [-0.2, -0.15) is 0 Å². The fourth-order valence-electron chi connectivity index (χ4n) is 4.31. The van der Waals surface area contributed by atoms with Gasteiger partial charge in [-0.25, -0.2) is 4.39 Å². The van der Waals surface area contributed by atoms with Gasteiger partial charge in [0.15, 0.2) is 0 Å². The molecule has 29 heavy (non-hydrogen) atoms. The average molecular weight is 393 g/mol. The number of nitrogens with zero attached hydrogens (tertiary/aromatic N) is 1. The first-order chi connectivity index (χ1) is 14.3. The standard InChI is InChI=1S/C25H29FN2O/c1-2-28-15-7-10-21(28)16-27-17-23-22-11-5-3-8-19(22)13-14-25(23)29-18-20-9-4-6-12-24(20)26/h3-6,8-9,11-14,21,27H,2,7,10,15-18H2,1H3. The van der Waals surface area contributed by atoms with Crippen LogP contribution in [0.1, 0.15) is 30.9 Å². The predicted molar refractivity (Wildman–Crippen MR) is 117 cm³/mol. The highest BCUT2D eigenvalue weighted by atomic mass is 19.1. The maximum Gasteiger partial charge on any atom is 0.129 e. The van der Waals surface area contributed by atoms with Crippen molar-refractivity contribution in [3.8, 4) is 5.75 Å². The maximum absolute atomic E-state index is 14.0. The molecule has 0 spiro atoms. The summed E-state index contributed by atoms with van der Waals surface area (Å²) in [4.78, 5) is 2.55. The minimum absolute atomic E-state index is 0.226. The average Bonchev–Trinajstić information content (AvgIpc) is 3.21. The molecule has 1 unspecified atom stereocenters. The van der Waals surface area contributed by atoms with Crippen LogP contribution in [-0.4, -0.2) is 30.6 Å². The summed E-state index contributed by atoms with van der Waals surface area (Å²) in [5, 5.41) is 6.03. The molecule has 0 radical (unpaired) electrons. The second-order valence-electron chi connectivity index (χ2n) is 7.70. The quantitative estimate of drug-likeness (QED) is 0.575. The van der Waals surface area contributed by atoms with Crippen molar-refractivity contribution in [2.24, 2.45) is 0 Å². The van der Waals surface area contributed by atoms with Crippen molar-refractivity contribution in [1.82, 2.24) is 10.2 Å². The molecule has 0 bridgehead atoms. The fourth-order valence-corrected chi connectivity index (χ4v) is 4.31. The number of halogens is 1. The van der Waals surface area contributed by atoms with Crippen LogP contribution in [0.15, 0.2) is 60.7 Å². The fraction of sp³-hybridized carbons (Fsp3) is 0.360. The van der Waals surface area contributed by atoms with Crippen LogP contribution >= 0.6 is 0 Å². The lowest BCUT2D eigenvalue weighted by Crippen LogP contribution is -2.37. The van der Waals surface area contributed by atoms with E-state index in [4.69, 9.17) is 4.74 Å². The van der Waals surface area contributed by atoms with Gasteiger partial charge in [-0.1, -0.05) is 55.5 Å². The van der Waals surface area contributed by atoms with Crippen LogP contribution in [0.4, 0.5) is 4.39 Å². The van der Waals surface area contributed by atoms with Crippen LogP contribution in [0, 0.1) is 5.82 Å². The Bertz CT molecular complexity index is 958. The van der Waals surface area contributed by atoms with E-state index in [1.54, 1.807) is 12.1 Å². The van der Waals surface area contributed by atoms with Gasteiger partial charge in [-0.05, 0) is 48.8 Å². The van der Waals surface area contributed by atoms with Gasteiger partial charge in [0.1, 0.15) is 18.2 Å². The van der Waals surface area contributed by atoms with Crippen molar-refractivity contribution in [3.63, 3.8) is 0 Å². The molecule has 4 heteroatoms. The molecule has 1 N–H and O–H groups in total. The maximum atomic E-state index is 14.0. The van der Waals surface area contributed by atoms with E-state index in [1.165, 1.54) is 36.2 Å². The van der Waals surface area contributed by atoms with Gasteiger partial charge >= 0.3 is 0 Å². The minimum atomic E-state index is -0.228. The molecule has 1 heterocycles. The molecule has 0 amide bonds. The summed E-state index contributed by atoms with van der Waals surface area (Å²) >= 11 is 0. The summed E-state index contributed by atoms with van der Waals surface area (Å²) in [6.07, 6.45) is 2.54. The molecule has 0 aromatic heterocycles. The van der Waals surface area contributed by atoms with E-state index in [9.17, 15) is 4.39 Å². The number of likely N-dealkylation sites (N-methyl/N-ethyl adjacent to an activating group) is 1. The van der Waals surface area contributed by atoms with E-state index >= 15 is 0 Å².